The SMILES string of the molecule is CC1(c2ccccc2)c2ccccc2-c2c(-c3ccc(-c4cc(-c5cc(-c6ccccc6)nc(-c6ccccc6)n5)cc(-c5cccc6c5oc5ccccc56)c4)cc3)cccc21. The zero-order valence-electron chi connectivity index (χ0n) is 34.7. The summed E-state index contributed by atoms with van der Waals surface area (Å²) in [5.74, 6) is 0.683. The quantitative estimate of drug-likeness (QED) is 0.161. The lowest BCUT2D eigenvalue weighted by Crippen LogP contribution is -2.22. The maximum Gasteiger partial charge on any atom is 0.160 e. The van der Waals surface area contributed by atoms with Crippen LogP contribution in [-0.2, 0) is 5.41 Å². The second-order valence-electron chi connectivity index (χ2n) is 16.6. The smallest absolute Gasteiger partial charge is 0.160 e. The lowest BCUT2D eigenvalue weighted by Gasteiger charge is -2.28. The van der Waals surface area contributed by atoms with Crippen LogP contribution in [-0.4, -0.2) is 9.97 Å². The molecule has 0 radical (unpaired) electrons. The van der Waals surface area contributed by atoms with Gasteiger partial charge in [0, 0.05) is 38.4 Å². The van der Waals surface area contributed by atoms with Crippen molar-refractivity contribution in [2.24, 2.45) is 0 Å². The summed E-state index contributed by atoms with van der Waals surface area (Å²) in [5, 5.41) is 2.20. The molecule has 1 atom stereocenters. The number of benzene rings is 9. The number of fused-ring (bicyclic) bond motifs is 6. The van der Waals surface area contributed by atoms with Gasteiger partial charge in [0.1, 0.15) is 11.2 Å². The zero-order chi connectivity index (χ0) is 41.9. The third-order valence-corrected chi connectivity index (χ3v) is 13.0. The van der Waals surface area contributed by atoms with E-state index in [-0.39, 0.29) is 5.41 Å². The minimum absolute atomic E-state index is 0.260. The van der Waals surface area contributed by atoms with Crippen LogP contribution < -0.4 is 0 Å². The number of aromatic nitrogens is 2. The van der Waals surface area contributed by atoms with Gasteiger partial charge in [0.2, 0.25) is 0 Å². The van der Waals surface area contributed by atoms with Crippen molar-refractivity contribution in [1.29, 1.82) is 0 Å². The van der Waals surface area contributed by atoms with Crippen LogP contribution in [0.25, 0.3) is 100 Å². The highest BCUT2D eigenvalue weighted by Gasteiger charge is 2.41. The monoisotopic (exact) mass is 804 g/mol. The predicted molar refractivity (Wildman–Crippen MR) is 259 cm³/mol. The van der Waals surface area contributed by atoms with Gasteiger partial charge in [-0.05, 0) is 92.9 Å². The van der Waals surface area contributed by atoms with Gasteiger partial charge in [-0.2, -0.15) is 0 Å². The normalized spacial score (nSPS) is 14.2. The van der Waals surface area contributed by atoms with Crippen molar-refractivity contribution in [3.8, 4) is 78.4 Å². The molecule has 9 aromatic carbocycles. The van der Waals surface area contributed by atoms with Gasteiger partial charge in [-0.15, -0.1) is 0 Å². The molecule has 1 aliphatic carbocycles. The summed E-state index contributed by atoms with van der Waals surface area (Å²) in [4.78, 5) is 10.4. The summed E-state index contributed by atoms with van der Waals surface area (Å²) in [6.45, 7) is 2.37. The molecule has 3 nitrogen and oxygen atoms in total. The molecular weight excluding hydrogens is 765 g/mol. The van der Waals surface area contributed by atoms with Crippen LogP contribution in [0.5, 0.6) is 0 Å². The van der Waals surface area contributed by atoms with E-state index in [1.165, 1.54) is 38.9 Å². The van der Waals surface area contributed by atoms with E-state index in [0.29, 0.717) is 5.82 Å². The van der Waals surface area contributed by atoms with Crippen molar-refractivity contribution >= 4 is 21.9 Å². The third-order valence-electron chi connectivity index (χ3n) is 13.0. The molecule has 12 rings (SSSR count). The summed E-state index contributed by atoms with van der Waals surface area (Å²) in [6, 6.07) is 80.0. The van der Waals surface area contributed by atoms with Crippen molar-refractivity contribution in [2.75, 3.05) is 0 Å². The predicted octanol–water partition coefficient (Wildman–Crippen LogP) is 15.7. The van der Waals surface area contributed by atoms with Crippen LogP contribution in [0.3, 0.4) is 0 Å². The topological polar surface area (TPSA) is 38.9 Å². The Morgan fingerprint density at radius 3 is 1.71 bits per heavy atom. The van der Waals surface area contributed by atoms with Crippen LogP contribution in [0.2, 0.25) is 0 Å². The highest BCUT2D eigenvalue weighted by Crippen LogP contribution is 2.55. The molecule has 0 aliphatic heterocycles. The largest absolute Gasteiger partial charge is 0.455 e. The standard InChI is InChI=1S/C60H40N2O/c1-60(46-21-9-4-10-22-46)52-28-13-11-24-51(52)57-47(25-16-29-53(57)60)40-33-31-39(32-34-40)43-35-44(48-26-15-27-50-49-23-12-14-30-56(49)63-58(48)50)37-45(36-43)55-38-54(41-17-5-2-6-18-41)61-59(62-55)42-19-7-3-8-20-42/h2-38H,1H3. The van der Waals surface area contributed by atoms with Crippen molar-refractivity contribution < 1.29 is 4.42 Å². The lowest BCUT2D eigenvalue weighted by atomic mass is 9.74. The van der Waals surface area contributed by atoms with Gasteiger partial charge in [0.25, 0.3) is 0 Å². The minimum Gasteiger partial charge on any atom is -0.455 e. The summed E-state index contributed by atoms with van der Waals surface area (Å²) in [5.41, 5.74) is 19.5. The molecule has 0 saturated carbocycles. The highest BCUT2D eigenvalue weighted by atomic mass is 16.3. The molecule has 1 unspecified atom stereocenters. The molecule has 63 heavy (non-hydrogen) atoms. The lowest BCUT2D eigenvalue weighted by molar-refractivity contribution is 0.670. The van der Waals surface area contributed by atoms with E-state index in [0.717, 1.165) is 72.3 Å². The maximum absolute atomic E-state index is 6.63. The Bertz CT molecular complexity index is 3440. The fourth-order valence-electron chi connectivity index (χ4n) is 9.85. The van der Waals surface area contributed by atoms with Crippen molar-refractivity contribution in [2.45, 2.75) is 12.3 Å². The molecule has 1 aliphatic rings. The average molecular weight is 805 g/mol. The first kappa shape index (κ1) is 36.7. The molecule has 0 N–H and O–H groups in total. The zero-order valence-corrected chi connectivity index (χ0v) is 34.7. The molecule has 11 aromatic rings. The number of para-hydroxylation sites is 2. The molecule has 296 valence electrons. The van der Waals surface area contributed by atoms with E-state index in [1.54, 1.807) is 0 Å². The molecule has 2 heterocycles. The van der Waals surface area contributed by atoms with Gasteiger partial charge in [-0.25, -0.2) is 9.97 Å². The molecule has 3 heteroatoms. The fourth-order valence-corrected chi connectivity index (χ4v) is 9.85. The Hall–Kier alpha value is -8.14. The first-order chi connectivity index (χ1) is 31.1. The van der Waals surface area contributed by atoms with Crippen LogP contribution >= 0.6 is 0 Å². The first-order valence-electron chi connectivity index (χ1n) is 21.6. The Kier molecular flexibility index (Phi) is 8.62. The van der Waals surface area contributed by atoms with Gasteiger partial charge >= 0.3 is 0 Å². The number of rotatable bonds is 7. The van der Waals surface area contributed by atoms with E-state index >= 15 is 0 Å². The molecule has 2 aromatic heterocycles. The third kappa shape index (κ3) is 6.12. The fraction of sp³-hybridized carbons (Fsp3) is 0.0333. The van der Waals surface area contributed by atoms with Gasteiger partial charge in [0.15, 0.2) is 5.82 Å². The van der Waals surface area contributed by atoms with Gasteiger partial charge in [-0.1, -0.05) is 194 Å². The number of furan rings is 1. The van der Waals surface area contributed by atoms with E-state index in [1.807, 2.05) is 36.4 Å². The Morgan fingerprint density at radius 1 is 0.365 bits per heavy atom. The van der Waals surface area contributed by atoms with Gasteiger partial charge < -0.3 is 4.42 Å². The second kappa shape index (κ2) is 14.8. The summed E-state index contributed by atoms with van der Waals surface area (Å²) in [6.07, 6.45) is 0. The number of nitrogens with zero attached hydrogens (tertiary/aromatic N) is 2. The van der Waals surface area contributed by atoms with Crippen molar-refractivity contribution in [3.05, 3.63) is 241 Å². The minimum atomic E-state index is -0.260. The number of hydrogen-bond acceptors (Lipinski definition) is 3. The average Bonchev–Trinajstić information content (AvgIpc) is 3.88. The summed E-state index contributed by atoms with van der Waals surface area (Å²) in [7, 11) is 0. The van der Waals surface area contributed by atoms with Crippen molar-refractivity contribution in [1.82, 2.24) is 9.97 Å². The Labute approximate surface area is 366 Å². The van der Waals surface area contributed by atoms with Gasteiger partial charge in [-0.3, -0.25) is 0 Å². The Morgan fingerprint density at radius 2 is 0.921 bits per heavy atom. The first-order valence-corrected chi connectivity index (χ1v) is 21.6. The summed E-state index contributed by atoms with van der Waals surface area (Å²) >= 11 is 0. The van der Waals surface area contributed by atoms with E-state index in [9.17, 15) is 0 Å². The molecule has 0 spiro atoms. The molecule has 0 saturated heterocycles. The van der Waals surface area contributed by atoms with E-state index in [2.05, 4.69) is 195 Å². The molecule has 0 fully saturated rings. The van der Waals surface area contributed by atoms with E-state index in [4.69, 9.17) is 14.4 Å². The Balaban J connectivity index is 1.03. The number of hydrogen-bond donors (Lipinski definition) is 0. The summed E-state index contributed by atoms with van der Waals surface area (Å²) < 4.78 is 6.63. The van der Waals surface area contributed by atoms with Crippen LogP contribution in [0.15, 0.2) is 229 Å². The maximum atomic E-state index is 6.63. The van der Waals surface area contributed by atoms with Crippen LogP contribution in [0.1, 0.15) is 23.6 Å². The molecule has 0 amide bonds. The van der Waals surface area contributed by atoms with Crippen LogP contribution in [0.4, 0.5) is 0 Å². The second-order valence-corrected chi connectivity index (χ2v) is 16.6. The molecular formula is C60H40N2O. The van der Waals surface area contributed by atoms with Crippen molar-refractivity contribution in [3.63, 3.8) is 0 Å². The molecule has 0 bridgehead atoms. The highest BCUT2D eigenvalue weighted by molar-refractivity contribution is 6.10. The van der Waals surface area contributed by atoms with Crippen LogP contribution in [0, 0.1) is 0 Å². The van der Waals surface area contributed by atoms with E-state index < -0.39 is 0 Å². The van der Waals surface area contributed by atoms with Gasteiger partial charge in [0.05, 0.1) is 11.4 Å².